The molecule has 13 nitrogen and oxygen atoms in total. The summed E-state index contributed by atoms with van der Waals surface area (Å²) < 4.78 is 28.7. The van der Waals surface area contributed by atoms with Gasteiger partial charge in [0.05, 0.1) is 39.2 Å². The van der Waals surface area contributed by atoms with Crippen molar-refractivity contribution in [2.75, 3.05) is 26.2 Å². The van der Waals surface area contributed by atoms with Gasteiger partial charge in [-0.3, -0.25) is 14.9 Å². The number of non-ortho nitro benzene ring substituents is 1. The molecule has 1 saturated heterocycles. The van der Waals surface area contributed by atoms with Crippen molar-refractivity contribution in [3.8, 4) is 0 Å². The number of rotatable bonds is 16. The smallest absolute Gasteiger partial charge is 0.321 e. The minimum Gasteiger partial charge on any atom is -0.390 e. The van der Waals surface area contributed by atoms with Gasteiger partial charge in [-0.1, -0.05) is 64.1 Å². The lowest BCUT2D eigenvalue weighted by atomic mass is 9.97. The van der Waals surface area contributed by atoms with Crippen molar-refractivity contribution in [3.63, 3.8) is 0 Å². The molecule has 2 aromatic carbocycles. The van der Waals surface area contributed by atoms with Gasteiger partial charge in [-0.05, 0) is 36.8 Å². The van der Waals surface area contributed by atoms with Crippen LogP contribution in [0.3, 0.4) is 0 Å². The normalized spacial score (nSPS) is 15.7. The summed E-state index contributed by atoms with van der Waals surface area (Å²) in [6, 6.07) is 11.9. The molecule has 2 N–H and O–H groups in total. The second-order valence-corrected chi connectivity index (χ2v) is 15.8. The maximum absolute atomic E-state index is 14.0. The average Bonchev–Trinajstić information content (AvgIpc) is 3.61. The van der Waals surface area contributed by atoms with Crippen LogP contribution in [0.1, 0.15) is 44.0 Å². The SMILES string of the molecule is Cc1nc(CN2CCN([C@H](C(=O)N[C@@H](Cc3ccccc3)[C@@H](O)CN(CC(C)C)S(=O)(=O)c3cccc([N+](=O)[O-])c3)C(C)C)C2=O)cs1. The number of aliphatic hydroxyl groups is 1. The summed E-state index contributed by atoms with van der Waals surface area (Å²) in [6.07, 6.45) is -1.18. The van der Waals surface area contributed by atoms with Crippen molar-refractivity contribution in [1.82, 2.24) is 24.4 Å². The van der Waals surface area contributed by atoms with E-state index in [0.29, 0.717) is 19.6 Å². The predicted octanol–water partition coefficient (Wildman–Crippen LogP) is 4.06. The first kappa shape index (κ1) is 36.9. The minimum absolute atomic E-state index is 0.0271. The third kappa shape index (κ3) is 9.15. The number of carbonyl (C=O) groups excluding carboxylic acids is 2. The fourth-order valence-corrected chi connectivity index (χ4v) is 8.09. The first-order valence-corrected chi connectivity index (χ1v) is 18.2. The molecular weight excluding hydrogens is 657 g/mol. The maximum atomic E-state index is 14.0. The highest BCUT2D eigenvalue weighted by atomic mass is 32.2. The van der Waals surface area contributed by atoms with Crippen molar-refractivity contribution < 1.29 is 28.0 Å². The number of thiazole rings is 1. The van der Waals surface area contributed by atoms with Crippen molar-refractivity contribution in [3.05, 3.63) is 86.4 Å². The molecule has 0 spiro atoms. The standard InChI is InChI=1S/C33H44N6O7S2/c1-22(2)18-37(48(45,46)28-13-9-12-27(17-28)39(43)44)20-30(40)29(16-25-10-7-6-8-11-25)35-32(41)31(23(3)4)38-15-14-36(33(38)42)19-26-21-47-24(5)34-26/h6-13,17,21-23,29-31,40H,14-16,18-20H2,1-5H3,(H,35,41)/t29-,30-,31-/m0/s1. The van der Waals surface area contributed by atoms with Crippen LogP contribution in [0.25, 0.3) is 0 Å². The Balaban J connectivity index is 1.58. The number of carbonyl (C=O) groups is 2. The van der Waals surface area contributed by atoms with Crippen LogP contribution >= 0.6 is 11.3 Å². The van der Waals surface area contributed by atoms with Gasteiger partial charge in [0.2, 0.25) is 15.9 Å². The van der Waals surface area contributed by atoms with Gasteiger partial charge >= 0.3 is 6.03 Å². The van der Waals surface area contributed by atoms with Gasteiger partial charge in [-0.15, -0.1) is 11.3 Å². The highest BCUT2D eigenvalue weighted by Gasteiger charge is 2.40. The Kier molecular flexibility index (Phi) is 12.3. The van der Waals surface area contributed by atoms with Gasteiger partial charge in [-0.2, -0.15) is 4.31 Å². The number of aromatic nitrogens is 1. The van der Waals surface area contributed by atoms with E-state index in [1.165, 1.54) is 29.5 Å². The van der Waals surface area contributed by atoms with Crippen LogP contribution in [-0.4, -0.2) is 93.8 Å². The number of aryl methyl sites for hydroxylation is 1. The van der Waals surface area contributed by atoms with Crippen LogP contribution in [0.2, 0.25) is 0 Å². The molecule has 1 aromatic heterocycles. The first-order chi connectivity index (χ1) is 22.7. The fraction of sp³-hybridized carbons (Fsp3) is 0.485. The lowest BCUT2D eigenvalue weighted by Gasteiger charge is -2.34. The van der Waals surface area contributed by atoms with Crippen molar-refractivity contribution in [2.24, 2.45) is 11.8 Å². The Morgan fingerprint density at radius 2 is 1.81 bits per heavy atom. The molecule has 0 bridgehead atoms. The Bertz CT molecular complexity index is 1680. The van der Waals surface area contributed by atoms with Crippen molar-refractivity contribution in [2.45, 2.75) is 70.7 Å². The fourth-order valence-electron chi connectivity index (χ4n) is 5.83. The van der Waals surface area contributed by atoms with E-state index >= 15 is 0 Å². The third-order valence-electron chi connectivity index (χ3n) is 8.10. The van der Waals surface area contributed by atoms with E-state index in [2.05, 4.69) is 10.3 Å². The molecule has 1 fully saturated rings. The van der Waals surface area contributed by atoms with Crippen LogP contribution in [0.15, 0.2) is 64.9 Å². The molecule has 2 heterocycles. The zero-order chi connectivity index (χ0) is 35.2. The van der Waals surface area contributed by atoms with E-state index < -0.39 is 39.0 Å². The van der Waals surface area contributed by atoms with Crippen LogP contribution in [0, 0.1) is 28.9 Å². The lowest BCUT2D eigenvalue weighted by molar-refractivity contribution is -0.385. The number of benzene rings is 2. The maximum Gasteiger partial charge on any atom is 0.321 e. The van der Waals surface area contributed by atoms with E-state index in [1.54, 1.807) is 9.80 Å². The Morgan fingerprint density at radius 1 is 1.10 bits per heavy atom. The van der Waals surface area contributed by atoms with Crippen LogP contribution in [-0.2, 0) is 27.8 Å². The van der Waals surface area contributed by atoms with Gasteiger partial charge in [0.25, 0.3) is 5.69 Å². The molecule has 4 rings (SSSR count). The highest BCUT2D eigenvalue weighted by Crippen LogP contribution is 2.24. The molecule has 1 aliphatic rings. The van der Waals surface area contributed by atoms with E-state index in [9.17, 15) is 33.2 Å². The number of hydrogen-bond donors (Lipinski definition) is 2. The molecule has 3 aromatic rings. The molecule has 0 aliphatic carbocycles. The summed E-state index contributed by atoms with van der Waals surface area (Å²) in [5.41, 5.74) is 1.23. The molecule has 260 valence electrons. The van der Waals surface area contributed by atoms with Crippen molar-refractivity contribution in [1.29, 1.82) is 0 Å². The van der Waals surface area contributed by atoms with Gasteiger partial charge in [0.1, 0.15) is 6.04 Å². The zero-order valence-corrected chi connectivity index (χ0v) is 29.5. The Labute approximate surface area is 285 Å². The molecule has 3 amide bonds. The summed E-state index contributed by atoms with van der Waals surface area (Å²) >= 11 is 1.51. The quantitative estimate of drug-likeness (QED) is 0.167. The average molecular weight is 701 g/mol. The van der Waals surface area contributed by atoms with Gasteiger partial charge < -0.3 is 20.2 Å². The highest BCUT2D eigenvalue weighted by molar-refractivity contribution is 7.89. The number of hydrogen-bond acceptors (Lipinski definition) is 9. The van der Waals surface area contributed by atoms with Gasteiger partial charge in [0, 0.05) is 43.7 Å². The summed E-state index contributed by atoms with van der Waals surface area (Å²) in [6.45, 7) is 10.0. The second-order valence-electron chi connectivity index (χ2n) is 12.8. The molecule has 48 heavy (non-hydrogen) atoms. The number of sulfonamides is 1. The summed E-state index contributed by atoms with van der Waals surface area (Å²) in [5, 5.41) is 28.8. The monoisotopic (exact) mass is 700 g/mol. The lowest BCUT2D eigenvalue weighted by Crippen LogP contribution is -2.57. The van der Waals surface area contributed by atoms with Gasteiger partial charge in [-0.25, -0.2) is 18.2 Å². The third-order valence-corrected chi connectivity index (χ3v) is 10.7. The van der Waals surface area contributed by atoms with Crippen LogP contribution < -0.4 is 5.32 Å². The number of urea groups is 1. The Hall–Kier alpha value is -3.92. The molecule has 0 unspecified atom stereocenters. The van der Waals surface area contributed by atoms with E-state index in [-0.39, 0.29) is 48.0 Å². The van der Waals surface area contributed by atoms with Crippen LogP contribution in [0.5, 0.6) is 0 Å². The number of nitrogens with one attached hydrogen (secondary N) is 1. The minimum atomic E-state index is -4.27. The number of nitro groups is 1. The molecule has 0 radical (unpaired) electrons. The van der Waals surface area contributed by atoms with E-state index in [1.807, 2.05) is 70.3 Å². The molecule has 3 atom stereocenters. The van der Waals surface area contributed by atoms with E-state index in [0.717, 1.165) is 26.6 Å². The van der Waals surface area contributed by atoms with Crippen LogP contribution in [0.4, 0.5) is 10.5 Å². The molecule has 1 aliphatic heterocycles. The molecular formula is C33H44N6O7S2. The zero-order valence-electron chi connectivity index (χ0n) is 27.9. The number of aliphatic hydroxyl groups excluding tert-OH is 1. The summed E-state index contributed by atoms with van der Waals surface area (Å²) in [7, 11) is -4.27. The topological polar surface area (TPSA) is 166 Å². The number of nitro benzene ring substituents is 1. The first-order valence-electron chi connectivity index (χ1n) is 15.9. The summed E-state index contributed by atoms with van der Waals surface area (Å²) in [5.74, 6) is -0.867. The predicted molar refractivity (Wildman–Crippen MR) is 183 cm³/mol. The van der Waals surface area contributed by atoms with Gasteiger partial charge in [0.15, 0.2) is 0 Å². The Morgan fingerprint density at radius 3 is 2.42 bits per heavy atom. The molecule has 0 saturated carbocycles. The number of amides is 3. The molecule has 15 heteroatoms. The van der Waals surface area contributed by atoms with Crippen molar-refractivity contribution >= 4 is 39.0 Å². The number of nitrogens with zero attached hydrogens (tertiary/aromatic N) is 5. The van der Waals surface area contributed by atoms with E-state index in [4.69, 9.17) is 0 Å². The summed E-state index contributed by atoms with van der Waals surface area (Å²) in [4.78, 5) is 45.7. The second kappa shape index (κ2) is 16.0. The largest absolute Gasteiger partial charge is 0.390 e.